The summed E-state index contributed by atoms with van der Waals surface area (Å²) in [6.45, 7) is 1.66. The fourth-order valence-electron chi connectivity index (χ4n) is 2.69. The summed E-state index contributed by atoms with van der Waals surface area (Å²) in [5.74, 6) is 0.124. The van der Waals surface area contributed by atoms with Gasteiger partial charge in [-0.15, -0.1) is 0 Å². The van der Waals surface area contributed by atoms with E-state index in [1.54, 1.807) is 12.1 Å². The molecular formula is C15H20ClNO2. The molecule has 3 nitrogen and oxygen atoms in total. The number of Topliss-reactive ketones (excluding diaryl/α,β-unsaturated/α-hetero) is 1. The largest absolute Gasteiger partial charge is 0.396 e. The number of carbonyl (C=O) groups is 1. The van der Waals surface area contributed by atoms with Crippen molar-refractivity contribution in [3.8, 4) is 0 Å². The van der Waals surface area contributed by atoms with Gasteiger partial charge in [-0.2, -0.15) is 0 Å². The number of aliphatic hydroxyl groups is 1. The molecule has 1 aliphatic heterocycles. The van der Waals surface area contributed by atoms with Gasteiger partial charge in [0.15, 0.2) is 5.78 Å². The SMILES string of the molecule is O=C(CN1CCCC1CCCO)c1cccc(Cl)c1. The first-order chi connectivity index (χ1) is 9.20. The van der Waals surface area contributed by atoms with E-state index in [9.17, 15) is 4.79 Å². The number of rotatable bonds is 6. The molecule has 1 heterocycles. The van der Waals surface area contributed by atoms with Crippen LogP contribution in [0.15, 0.2) is 24.3 Å². The molecule has 0 aliphatic carbocycles. The molecule has 0 amide bonds. The van der Waals surface area contributed by atoms with Crippen molar-refractivity contribution >= 4 is 17.4 Å². The van der Waals surface area contributed by atoms with E-state index in [1.165, 1.54) is 0 Å². The maximum Gasteiger partial charge on any atom is 0.176 e. The number of aliphatic hydroxyl groups excluding tert-OH is 1. The number of nitrogens with zero attached hydrogens (tertiary/aromatic N) is 1. The van der Waals surface area contributed by atoms with Gasteiger partial charge in [0.2, 0.25) is 0 Å². The summed E-state index contributed by atoms with van der Waals surface area (Å²) in [4.78, 5) is 14.5. The van der Waals surface area contributed by atoms with Crippen molar-refractivity contribution in [1.29, 1.82) is 0 Å². The van der Waals surface area contributed by atoms with Gasteiger partial charge in [-0.25, -0.2) is 0 Å². The van der Waals surface area contributed by atoms with Gasteiger partial charge >= 0.3 is 0 Å². The molecule has 1 fully saturated rings. The summed E-state index contributed by atoms with van der Waals surface area (Å²) in [5, 5.41) is 9.50. The van der Waals surface area contributed by atoms with Crippen LogP contribution < -0.4 is 0 Å². The fourth-order valence-corrected chi connectivity index (χ4v) is 2.89. The highest BCUT2D eigenvalue weighted by Crippen LogP contribution is 2.22. The average molecular weight is 282 g/mol. The number of likely N-dealkylation sites (tertiary alicyclic amines) is 1. The molecular weight excluding hydrogens is 262 g/mol. The van der Waals surface area contributed by atoms with E-state index >= 15 is 0 Å². The molecule has 1 aromatic rings. The third-order valence-corrected chi connectivity index (χ3v) is 3.92. The number of benzene rings is 1. The molecule has 4 heteroatoms. The summed E-state index contributed by atoms with van der Waals surface area (Å²) >= 11 is 5.91. The first-order valence-electron chi connectivity index (χ1n) is 6.84. The van der Waals surface area contributed by atoms with Crippen molar-refractivity contribution in [3.05, 3.63) is 34.9 Å². The first-order valence-corrected chi connectivity index (χ1v) is 7.22. The lowest BCUT2D eigenvalue weighted by Crippen LogP contribution is -2.34. The highest BCUT2D eigenvalue weighted by Gasteiger charge is 2.25. The number of hydrogen-bond donors (Lipinski definition) is 1. The quantitative estimate of drug-likeness (QED) is 0.815. The Morgan fingerprint density at radius 2 is 2.32 bits per heavy atom. The maximum atomic E-state index is 12.2. The van der Waals surface area contributed by atoms with Crippen LogP contribution in [0.25, 0.3) is 0 Å². The van der Waals surface area contributed by atoms with Crippen LogP contribution in [-0.2, 0) is 0 Å². The van der Waals surface area contributed by atoms with Gasteiger partial charge in [-0.05, 0) is 44.4 Å². The van der Waals surface area contributed by atoms with Gasteiger partial charge in [0.05, 0.1) is 6.54 Å². The third kappa shape index (κ3) is 4.03. The summed E-state index contributed by atoms with van der Waals surface area (Å²) < 4.78 is 0. The molecule has 1 N–H and O–H groups in total. The minimum Gasteiger partial charge on any atom is -0.396 e. The van der Waals surface area contributed by atoms with Crippen LogP contribution in [-0.4, -0.2) is 41.5 Å². The molecule has 0 spiro atoms. The highest BCUT2D eigenvalue weighted by molar-refractivity contribution is 6.31. The van der Waals surface area contributed by atoms with Crippen LogP contribution in [0.3, 0.4) is 0 Å². The van der Waals surface area contributed by atoms with E-state index in [0.29, 0.717) is 23.2 Å². The van der Waals surface area contributed by atoms with Crippen LogP contribution in [0.5, 0.6) is 0 Å². The Morgan fingerprint density at radius 3 is 3.05 bits per heavy atom. The molecule has 2 rings (SSSR count). The van der Waals surface area contributed by atoms with Crippen LogP contribution in [0, 0.1) is 0 Å². The number of carbonyl (C=O) groups excluding carboxylic acids is 1. The lowest BCUT2D eigenvalue weighted by atomic mass is 10.1. The average Bonchev–Trinajstić information content (AvgIpc) is 2.83. The Labute approximate surface area is 119 Å². The zero-order valence-corrected chi connectivity index (χ0v) is 11.8. The summed E-state index contributed by atoms with van der Waals surface area (Å²) in [5.41, 5.74) is 0.681. The Bertz CT molecular complexity index is 436. The molecule has 0 saturated carbocycles. The Balaban J connectivity index is 1.94. The third-order valence-electron chi connectivity index (χ3n) is 3.69. The van der Waals surface area contributed by atoms with Crippen LogP contribution in [0.4, 0.5) is 0 Å². The second-order valence-corrected chi connectivity index (χ2v) is 5.50. The Hall–Kier alpha value is -0.900. The van der Waals surface area contributed by atoms with Gasteiger partial charge in [-0.3, -0.25) is 9.69 Å². The minimum atomic E-state index is 0.124. The molecule has 1 atom stereocenters. The monoisotopic (exact) mass is 281 g/mol. The smallest absolute Gasteiger partial charge is 0.176 e. The topological polar surface area (TPSA) is 40.5 Å². The predicted molar refractivity (Wildman–Crippen MR) is 76.7 cm³/mol. The second kappa shape index (κ2) is 7.04. The summed E-state index contributed by atoms with van der Waals surface area (Å²) in [7, 11) is 0. The van der Waals surface area contributed by atoms with E-state index in [4.69, 9.17) is 16.7 Å². The number of hydrogen-bond acceptors (Lipinski definition) is 3. The van der Waals surface area contributed by atoms with Crippen molar-refractivity contribution < 1.29 is 9.90 Å². The predicted octanol–water partition coefficient (Wildman–Crippen LogP) is 2.76. The Kier molecular flexibility index (Phi) is 5.37. The van der Waals surface area contributed by atoms with Gasteiger partial charge in [0, 0.05) is 23.2 Å². The molecule has 1 aromatic carbocycles. The first kappa shape index (κ1) is 14.5. The van der Waals surface area contributed by atoms with E-state index in [1.807, 2.05) is 12.1 Å². The van der Waals surface area contributed by atoms with E-state index in [0.717, 1.165) is 32.2 Å². The van der Waals surface area contributed by atoms with Gasteiger partial charge in [-0.1, -0.05) is 23.7 Å². The van der Waals surface area contributed by atoms with Crippen LogP contribution in [0.1, 0.15) is 36.0 Å². The van der Waals surface area contributed by atoms with Crippen molar-refractivity contribution in [1.82, 2.24) is 4.90 Å². The lowest BCUT2D eigenvalue weighted by molar-refractivity contribution is 0.0916. The lowest BCUT2D eigenvalue weighted by Gasteiger charge is -2.23. The van der Waals surface area contributed by atoms with Gasteiger partial charge in [0.1, 0.15) is 0 Å². The molecule has 1 saturated heterocycles. The molecule has 104 valence electrons. The van der Waals surface area contributed by atoms with Crippen molar-refractivity contribution in [2.45, 2.75) is 31.7 Å². The standard InChI is InChI=1S/C15H20ClNO2/c16-13-5-1-4-12(10-13)15(19)11-17-8-2-6-14(17)7-3-9-18/h1,4-5,10,14,18H,2-3,6-9,11H2. The maximum absolute atomic E-state index is 12.2. The second-order valence-electron chi connectivity index (χ2n) is 5.07. The summed E-state index contributed by atoms with van der Waals surface area (Å²) in [6.07, 6.45) is 4.05. The molecule has 1 aliphatic rings. The van der Waals surface area contributed by atoms with Crippen molar-refractivity contribution in [3.63, 3.8) is 0 Å². The zero-order chi connectivity index (χ0) is 13.7. The molecule has 1 unspecified atom stereocenters. The fraction of sp³-hybridized carbons (Fsp3) is 0.533. The van der Waals surface area contributed by atoms with Crippen molar-refractivity contribution in [2.24, 2.45) is 0 Å². The van der Waals surface area contributed by atoms with E-state index < -0.39 is 0 Å². The van der Waals surface area contributed by atoms with E-state index in [2.05, 4.69) is 4.90 Å². The minimum absolute atomic E-state index is 0.124. The highest BCUT2D eigenvalue weighted by atomic mass is 35.5. The number of ketones is 1. The van der Waals surface area contributed by atoms with Crippen LogP contribution >= 0.6 is 11.6 Å². The molecule has 19 heavy (non-hydrogen) atoms. The molecule has 0 bridgehead atoms. The van der Waals surface area contributed by atoms with Crippen molar-refractivity contribution in [2.75, 3.05) is 19.7 Å². The zero-order valence-electron chi connectivity index (χ0n) is 11.0. The molecule has 0 aromatic heterocycles. The van der Waals surface area contributed by atoms with Gasteiger partial charge < -0.3 is 5.11 Å². The molecule has 0 radical (unpaired) electrons. The summed E-state index contributed by atoms with van der Waals surface area (Å²) in [6, 6.07) is 7.56. The van der Waals surface area contributed by atoms with E-state index in [-0.39, 0.29) is 12.4 Å². The number of halogens is 1. The normalized spacial score (nSPS) is 19.8. The van der Waals surface area contributed by atoms with Crippen LogP contribution in [0.2, 0.25) is 5.02 Å². The van der Waals surface area contributed by atoms with Gasteiger partial charge in [0.25, 0.3) is 0 Å². The Morgan fingerprint density at radius 1 is 1.47 bits per heavy atom.